The molecule has 0 amide bonds. The molecule has 1 heterocycles. The van der Waals surface area contributed by atoms with Crippen LogP contribution in [0.3, 0.4) is 0 Å². The molecular weight excluding hydrogens is 174 g/mol. The van der Waals surface area contributed by atoms with E-state index in [1.165, 1.54) is 38.5 Å². The van der Waals surface area contributed by atoms with Crippen molar-refractivity contribution in [2.75, 3.05) is 7.05 Å². The average molecular weight is 199 g/mol. The maximum Gasteiger partial charge on any atom is 0.0579 e. The second-order valence-electron chi connectivity index (χ2n) is 4.47. The van der Waals surface area contributed by atoms with Crippen molar-refractivity contribution in [3.05, 3.63) is 0 Å². The number of ether oxygens (including phenoxy) is 1. The largest absolute Gasteiger partial charge is 0.375 e. The first-order valence-electron chi connectivity index (χ1n) is 6.09. The van der Waals surface area contributed by atoms with Crippen LogP contribution in [0.5, 0.6) is 0 Å². The van der Waals surface area contributed by atoms with E-state index in [0.717, 1.165) is 0 Å². The number of rotatable bonds is 6. The van der Waals surface area contributed by atoms with E-state index < -0.39 is 0 Å². The van der Waals surface area contributed by atoms with Crippen LogP contribution in [0.15, 0.2) is 0 Å². The topological polar surface area (TPSA) is 21.3 Å². The molecule has 3 atom stereocenters. The molecule has 0 aromatic carbocycles. The summed E-state index contributed by atoms with van der Waals surface area (Å²) >= 11 is 0. The highest BCUT2D eigenvalue weighted by atomic mass is 16.5. The van der Waals surface area contributed by atoms with E-state index in [0.29, 0.717) is 18.2 Å². The van der Waals surface area contributed by atoms with Crippen molar-refractivity contribution < 1.29 is 4.74 Å². The van der Waals surface area contributed by atoms with Crippen LogP contribution in [0, 0.1) is 0 Å². The van der Waals surface area contributed by atoms with Crippen LogP contribution in [0.4, 0.5) is 0 Å². The molecule has 0 aromatic heterocycles. The van der Waals surface area contributed by atoms with Crippen LogP contribution in [0.25, 0.3) is 0 Å². The normalized spacial score (nSPS) is 29.4. The molecule has 0 saturated carbocycles. The summed E-state index contributed by atoms with van der Waals surface area (Å²) in [4.78, 5) is 0. The molecule has 0 spiro atoms. The molecule has 1 rings (SSSR count). The fraction of sp³-hybridized carbons (Fsp3) is 1.00. The highest BCUT2D eigenvalue weighted by Gasteiger charge is 2.21. The third-order valence-corrected chi connectivity index (χ3v) is 3.30. The fourth-order valence-electron chi connectivity index (χ4n) is 2.24. The molecule has 1 fully saturated rings. The molecule has 2 nitrogen and oxygen atoms in total. The highest BCUT2D eigenvalue weighted by molar-refractivity contribution is 4.71. The van der Waals surface area contributed by atoms with Crippen LogP contribution in [0.1, 0.15) is 52.4 Å². The smallest absolute Gasteiger partial charge is 0.0579 e. The maximum absolute atomic E-state index is 5.79. The van der Waals surface area contributed by atoms with E-state index in [4.69, 9.17) is 4.74 Å². The summed E-state index contributed by atoms with van der Waals surface area (Å²) in [7, 11) is 2.06. The molecule has 0 bridgehead atoms. The van der Waals surface area contributed by atoms with Crippen molar-refractivity contribution in [1.29, 1.82) is 0 Å². The molecule has 1 aliphatic heterocycles. The second-order valence-corrected chi connectivity index (χ2v) is 4.47. The molecule has 2 heteroatoms. The Morgan fingerprint density at radius 1 is 1.43 bits per heavy atom. The van der Waals surface area contributed by atoms with Crippen molar-refractivity contribution >= 4 is 0 Å². The van der Waals surface area contributed by atoms with Crippen LogP contribution in [-0.2, 0) is 4.74 Å². The van der Waals surface area contributed by atoms with Gasteiger partial charge in [0.15, 0.2) is 0 Å². The van der Waals surface area contributed by atoms with Crippen LogP contribution >= 0.6 is 0 Å². The lowest BCUT2D eigenvalue weighted by Crippen LogP contribution is -2.24. The zero-order valence-electron chi connectivity index (χ0n) is 9.88. The van der Waals surface area contributed by atoms with Crippen molar-refractivity contribution in [3.63, 3.8) is 0 Å². The molecule has 14 heavy (non-hydrogen) atoms. The SMILES string of the molecule is CCC(CCCC1CCC(C)O1)NC. The number of nitrogens with one attached hydrogen (secondary N) is 1. The van der Waals surface area contributed by atoms with Gasteiger partial charge in [-0.3, -0.25) is 0 Å². The first-order valence-corrected chi connectivity index (χ1v) is 6.09. The van der Waals surface area contributed by atoms with Gasteiger partial charge in [0.05, 0.1) is 12.2 Å². The highest BCUT2D eigenvalue weighted by Crippen LogP contribution is 2.23. The molecule has 0 aromatic rings. The van der Waals surface area contributed by atoms with Gasteiger partial charge in [0.2, 0.25) is 0 Å². The Bertz CT molecular complexity index is 145. The standard InChI is InChI=1S/C12H25NO/c1-4-11(13-3)6-5-7-12-9-8-10(2)14-12/h10-13H,4-9H2,1-3H3. The minimum Gasteiger partial charge on any atom is -0.375 e. The van der Waals surface area contributed by atoms with Crippen molar-refractivity contribution in [1.82, 2.24) is 5.32 Å². The fourth-order valence-corrected chi connectivity index (χ4v) is 2.24. The Balaban J connectivity index is 2.03. The first kappa shape index (κ1) is 12.0. The van der Waals surface area contributed by atoms with E-state index in [2.05, 4.69) is 26.2 Å². The number of hydrogen-bond acceptors (Lipinski definition) is 2. The summed E-state index contributed by atoms with van der Waals surface area (Å²) in [5.41, 5.74) is 0. The van der Waals surface area contributed by atoms with Crippen molar-refractivity contribution in [3.8, 4) is 0 Å². The molecule has 0 aliphatic carbocycles. The van der Waals surface area contributed by atoms with Gasteiger partial charge in [-0.05, 0) is 52.5 Å². The van der Waals surface area contributed by atoms with E-state index >= 15 is 0 Å². The van der Waals surface area contributed by atoms with Crippen molar-refractivity contribution in [2.45, 2.75) is 70.6 Å². The summed E-state index contributed by atoms with van der Waals surface area (Å²) < 4.78 is 5.79. The minimum atomic E-state index is 0.506. The zero-order valence-corrected chi connectivity index (χ0v) is 9.88. The van der Waals surface area contributed by atoms with E-state index in [-0.39, 0.29) is 0 Å². The minimum absolute atomic E-state index is 0.506. The molecule has 3 unspecified atom stereocenters. The van der Waals surface area contributed by atoms with Gasteiger partial charge in [-0.15, -0.1) is 0 Å². The maximum atomic E-state index is 5.79. The molecule has 1 saturated heterocycles. The van der Waals surface area contributed by atoms with Crippen molar-refractivity contribution in [2.24, 2.45) is 0 Å². The van der Waals surface area contributed by atoms with Crippen LogP contribution < -0.4 is 5.32 Å². The molecule has 84 valence electrons. The number of hydrogen-bond donors (Lipinski definition) is 1. The molecule has 0 radical (unpaired) electrons. The monoisotopic (exact) mass is 199 g/mol. The van der Waals surface area contributed by atoms with Gasteiger partial charge in [-0.1, -0.05) is 6.92 Å². The molecule has 1 aliphatic rings. The van der Waals surface area contributed by atoms with Gasteiger partial charge < -0.3 is 10.1 Å². The summed E-state index contributed by atoms with van der Waals surface area (Å²) in [6, 6.07) is 0.703. The first-order chi connectivity index (χ1) is 6.76. The predicted octanol–water partition coefficient (Wildman–Crippen LogP) is 2.72. The van der Waals surface area contributed by atoms with Gasteiger partial charge in [-0.25, -0.2) is 0 Å². The van der Waals surface area contributed by atoms with Gasteiger partial charge in [0.1, 0.15) is 0 Å². The lowest BCUT2D eigenvalue weighted by atomic mass is 10.0. The second kappa shape index (κ2) is 6.41. The Kier molecular flexibility index (Phi) is 5.49. The summed E-state index contributed by atoms with van der Waals surface area (Å²) in [6.45, 7) is 4.43. The van der Waals surface area contributed by atoms with Gasteiger partial charge >= 0.3 is 0 Å². The average Bonchev–Trinajstić information content (AvgIpc) is 2.59. The Morgan fingerprint density at radius 2 is 2.21 bits per heavy atom. The van der Waals surface area contributed by atoms with Gasteiger partial charge in [-0.2, -0.15) is 0 Å². The van der Waals surface area contributed by atoms with Crippen LogP contribution in [0.2, 0.25) is 0 Å². The Morgan fingerprint density at radius 3 is 2.71 bits per heavy atom. The Hall–Kier alpha value is -0.0800. The lowest BCUT2D eigenvalue weighted by Gasteiger charge is -2.15. The summed E-state index contributed by atoms with van der Waals surface area (Å²) in [6.07, 6.45) is 8.68. The Labute approximate surface area is 88.4 Å². The summed E-state index contributed by atoms with van der Waals surface area (Å²) in [5.74, 6) is 0. The zero-order chi connectivity index (χ0) is 10.4. The van der Waals surface area contributed by atoms with Gasteiger partial charge in [0.25, 0.3) is 0 Å². The lowest BCUT2D eigenvalue weighted by molar-refractivity contribution is 0.0491. The third kappa shape index (κ3) is 3.97. The van der Waals surface area contributed by atoms with E-state index in [1.54, 1.807) is 0 Å². The predicted molar refractivity (Wildman–Crippen MR) is 60.6 cm³/mol. The summed E-state index contributed by atoms with van der Waals surface area (Å²) in [5, 5.41) is 3.35. The molecule has 1 N–H and O–H groups in total. The quantitative estimate of drug-likeness (QED) is 0.710. The van der Waals surface area contributed by atoms with Crippen LogP contribution in [-0.4, -0.2) is 25.3 Å². The van der Waals surface area contributed by atoms with E-state index in [1.807, 2.05) is 0 Å². The third-order valence-electron chi connectivity index (χ3n) is 3.30. The van der Waals surface area contributed by atoms with Gasteiger partial charge in [0, 0.05) is 6.04 Å². The van der Waals surface area contributed by atoms with E-state index in [9.17, 15) is 0 Å². The molecular formula is C12H25NO.